The third-order valence-electron chi connectivity index (χ3n) is 3.93. The van der Waals surface area contributed by atoms with Crippen LogP contribution in [0.2, 0.25) is 0 Å². The van der Waals surface area contributed by atoms with E-state index in [9.17, 15) is 26.7 Å². The normalized spacial score (nSPS) is 18.7. The lowest BCUT2D eigenvalue weighted by Crippen LogP contribution is -2.40. The fourth-order valence-corrected chi connectivity index (χ4v) is 2.66. The molecule has 0 aromatic carbocycles. The summed E-state index contributed by atoms with van der Waals surface area (Å²) in [5.74, 6) is -3.43. The van der Waals surface area contributed by atoms with E-state index < -0.39 is 29.7 Å². The van der Waals surface area contributed by atoms with E-state index in [0.29, 0.717) is 4.52 Å². The van der Waals surface area contributed by atoms with E-state index in [-0.39, 0.29) is 37.0 Å². The van der Waals surface area contributed by atoms with Crippen molar-refractivity contribution in [1.82, 2.24) is 19.9 Å². The molecule has 1 aliphatic carbocycles. The Morgan fingerprint density at radius 2 is 1.96 bits per heavy atom. The van der Waals surface area contributed by atoms with Crippen molar-refractivity contribution in [3.63, 3.8) is 0 Å². The second kappa shape index (κ2) is 5.67. The molecule has 0 saturated heterocycles. The summed E-state index contributed by atoms with van der Waals surface area (Å²) >= 11 is 0. The van der Waals surface area contributed by atoms with Crippen LogP contribution in [0.1, 0.15) is 41.9 Å². The van der Waals surface area contributed by atoms with Gasteiger partial charge in [-0.15, -0.1) is 0 Å². The zero-order valence-corrected chi connectivity index (χ0v) is 12.3. The number of hydrogen-bond donors (Lipinski definition) is 1. The Kier molecular flexibility index (Phi) is 3.92. The zero-order chi connectivity index (χ0) is 17.5. The lowest BCUT2D eigenvalue weighted by Gasteiger charge is -2.28. The Labute approximate surface area is 132 Å². The molecule has 5 nitrogen and oxygen atoms in total. The molecule has 24 heavy (non-hydrogen) atoms. The molecule has 1 aliphatic rings. The number of carbonyl (C=O) groups excluding carboxylic acids is 1. The summed E-state index contributed by atoms with van der Waals surface area (Å²) < 4.78 is 65.5. The molecule has 2 aromatic heterocycles. The largest absolute Gasteiger partial charge is 0.433 e. The topological polar surface area (TPSA) is 59.3 Å². The fourth-order valence-electron chi connectivity index (χ4n) is 2.66. The van der Waals surface area contributed by atoms with E-state index in [1.807, 2.05) is 0 Å². The first-order valence-electron chi connectivity index (χ1n) is 7.26. The Morgan fingerprint density at radius 3 is 2.58 bits per heavy atom. The van der Waals surface area contributed by atoms with Gasteiger partial charge < -0.3 is 5.32 Å². The number of carbonyl (C=O) groups is 1. The SMILES string of the molecule is O=C(NC1CCC(F)(F)CC1)c1cc2nccc(C(F)(F)F)n2n1. The molecular weight excluding hydrogens is 335 g/mol. The molecule has 10 heteroatoms. The van der Waals surface area contributed by atoms with Crippen molar-refractivity contribution < 1.29 is 26.7 Å². The van der Waals surface area contributed by atoms with Crippen molar-refractivity contribution in [2.24, 2.45) is 0 Å². The van der Waals surface area contributed by atoms with Crippen LogP contribution in [0.3, 0.4) is 0 Å². The van der Waals surface area contributed by atoms with E-state index in [4.69, 9.17) is 0 Å². The molecule has 0 atom stereocenters. The summed E-state index contributed by atoms with van der Waals surface area (Å²) in [6.45, 7) is 0. The molecule has 2 aromatic rings. The smallest absolute Gasteiger partial charge is 0.348 e. The van der Waals surface area contributed by atoms with Gasteiger partial charge in [0, 0.05) is 31.1 Å². The molecule has 1 saturated carbocycles. The Balaban J connectivity index is 1.79. The van der Waals surface area contributed by atoms with Gasteiger partial charge in [0.1, 0.15) is 5.69 Å². The first-order valence-corrected chi connectivity index (χ1v) is 7.26. The van der Waals surface area contributed by atoms with Crippen LogP contribution in [0.25, 0.3) is 5.65 Å². The highest BCUT2D eigenvalue weighted by Crippen LogP contribution is 2.33. The standard InChI is InChI=1S/C14H13F5N4O/c15-13(16)4-1-8(2-5-13)21-12(24)9-7-11-20-6-3-10(14(17,18)19)23(11)22-9/h3,6-8H,1-2,4-5H2,(H,21,24). The minimum atomic E-state index is -4.64. The first-order chi connectivity index (χ1) is 11.2. The van der Waals surface area contributed by atoms with Crippen molar-refractivity contribution in [3.05, 3.63) is 29.7 Å². The van der Waals surface area contributed by atoms with E-state index in [2.05, 4.69) is 15.4 Å². The van der Waals surface area contributed by atoms with Crippen LogP contribution < -0.4 is 5.32 Å². The number of amides is 1. The van der Waals surface area contributed by atoms with Crippen LogP contribution in [0.15, 0.2) is 18.3 Å². The minimum absolute atomic E-state index is 0.109. The Bertz CT molecular complexity index is 760. The summed E-state index contributed by atoms with van der Waals surface area (Å²) in [4.78, 5) is 15.9. The van der Waals surface area contributed by atoms with Crippen LogP contribution >= 0.6 is 0 Å². The number of rotatable bonds is 2. The Hall–Kier alpha value is -2.26. The highest BCUT2D eigenvalue weighted by molar-refractivity contribution is 5.93. The van der Waals surface area contributed by atoms with E-state index >= 15 is 0 Å². The lowest BCUT2D eigenvalue weighted by molar-refractivity contribution is -0.142. The van der Waals surface area contributed by atoms with Gasteiger partial charge in [-0.05, 0) is 18.9 Å². The molecule has 2 heterocycles. The number of alkyl halides is 5. The first kappa shape index (κ1) is 16.6. The number of hydrogen-bond acceptors (Lipinski definition) is 3. The van der Waals surface area contributed by atoms with Crippen molar-refractivity contribution in [2.75, 3.05) is 0 Å². The van der Waals surface area contributed by atoms with Crippen LogP contribution in [0.5, 0.6) is 0 Å². The maximum absolute atomic E-state index is 13.1. The number of nitrogens with one attached hydrogen (secondary N) is 1. The Morgan fingerprint density at radius 1 is 1.29 bits per heavy atom. The average Bonchev–Trinajstić information content (AvgIpc) is 2.92. The maximum Gasteiger partial charge on any atom is 0.433 e. The summed E-state index contributed by atoms with van der Waals surface area (Å²) in [6, 6.07) is 1.43. The molecule has 1 fully saturated rings. The lowest BCUT2D eigenvalue weighted by atomic mass is 9.92. The predicted molar refractivity (Wildman–Crippen MR) is 72.7 cm³/mol. The summed E-state index contributed by atoms with van der Waals surface area (Å²) in [5, 5.41) is 6.18. The highest BCUT2D eigenvalue weighted by Gasteiger charge is 2.36. The van der Waals surface area contributed by atoms with Crippen molar-refractivity contribution in [2.45, 2.75) is 43.8 Å². The fraction of sp³-hybridized carbons (Fsp3) is 0.500. The molecule has 1 N–H and O–H groups in total. The van der Waals surface area contributed by atoms with Crippen LogP contribution in [0.4, 0.5) is 22.0 Å². The van der Waals surface area contributed by atoms with Gasteiger partial charge >= 0.3 is 6.18 Å². The summed E-state index contributed by atoms with van der Waals surface area (Å²) in [5.41, 5.74) is -1.41. The van der Waals surface area contributed by atoms with Crippen molar-refractivity contribution >= 4 is 11.6 Å². The summed E-state index contributed by atoms with van der Waals surface area (Å²) in [7, 11) is 0. The molecule has 1 amide bonds. The molecule has 0 spiro atoms. The van der Waals surface area contributed by atoms with Crippen LogP contribution in [-0.2, 0) is 6.18 Å². The van der Waals surface area contributed by atoms with Crippen LogP contribution in [0, 0.1) is 0 Å². The van der Waals surface area contributed by atoms with E-state index in [1.54, 1.807) is 0 Å². The van der Waals surface area contributed by atoms with Gasteiger partial charge in [0.25, 0.3) is 5.91 Å². The molecule has 3 rings (SSSR count). The minimum Gasteiger partial charge on any atom is -0.348 e. The van der Waals surface area contributed by atoms with E-state index in [0.717, 1.165) is 18.3 Å². The number of aromatic nitrogens is 3. The molecule has 130 valence electrons. The van der Waals surface area contributed by atoms with Crippen LogP contribution in [-0.4, -0.2) is 32.5 Å². The number of fused-ring (bicyclic) bond motifs is 1. The number of halogens is 5. The third kappa shape index (κ3) is 3.31. The van der Waals surface area contributed by atoms with Gasteiger partial charge in [-0.3, -0.25) is 4.79 Å². The highest BCUT2D eigenvalue weighted by atomic mass is 19.4. The maximum atomic E-state index is 13.1. The van der Waals surface area contributed by atoms with Gasteiger partial charge in [-0.1, -0.05) is 0 Å². The van der Waals surface area contributed by atoms with Crippen molar-refractivity contribution in [1.29, 1.82) is 0 Å². The van der Waals surface area contributed by atoms with Gasteiger partial charge in [0.05, 0.1) is 0 Å². The second-order valence-corrected chi connectivity index (χ2v) is 5.73. The van der Waals surface area contributed by atoms with Gasteiger partial charge in [-0.25, -0.2) is 18.3 Å². The third-order valence-corrected chi connectivity index (χ3v) is 3.93. The van der Waals surface area contributed by atoms with Gasteiger partial charge in [0.2, 0.25) is 5.92 Å². The predicted octanol–water partition coefficient (Wildman–Crippen LogP) is 3.06. The summed E-state index contributed by atoms with van der Waals surface area (Å²) in [6.07, 6.45) is -4.11. The van der Waals surface area contributed by atoms with Gasteiger partial charge in [-0.2, -0.15) is 18.3 Å². The molecule has 0 bridgehead atoms. The molecule has 0 aliphatic heterocycles. The number of nitrogens with zero attached hydrogens (tertiary/aromatic N) is 3. The second-order valence-electron chi connectivity index (χ2n) is 5.73. The zero-order valence-electron chi connectivity index (χ0n) is 12.3. The molecule has 0 unspecified atom stereocenters. The molecule has 0 radical (unpaired) electrons. The van der Waals surface area contributed by atoms with Gasteiger partial charge in [0.15, 0.2) is 11.3 Å². The van der Waals surface area contributed by atoms with E-state index in [1.165, 1.54) is 0 Å². The monoisotopic (exact) mass is 348 g/mol. The molecular formula is C14H13F5N4O. The van der Waals surface area contributed by atoms with Crippen molar-refractivity contribution in [3.8, 4) is 0 Å². The average molecular weight is 348 g/mol. The quantitative estimate of drug-likeness (QED) is 0.849.